The number of amides is 1. The molecule has 138 valence electrons. The highest BCUT2D eigenvalue weighted by molar-refractivity contribution is 5.92. The van der Waals surface area contributed by atoms with Crippen LogP contribution >= 0.6 is 0 Å². The third-order valence-corrected chi connectivity index (χ3v) is 5.13. The molecule has 1 aliphatic heterocycles. The van der Waals surface area contributed by atoms with Crippen molar-refractivity contribution in [3.05, 3.63) is 59.9 Å². The second-order valence-corrected chi connectivity index (χ2v) is 6.80. The summed E-state index contributed by atoms with van der Waals surface area (Å²) in [7, 11) is 1.58. The van der Waals surface area contributed by atoms with Crippen LogP contribution in [0.5, 0.6) is 5.75 Å². The highest BCUT2D eigenvalue weighted by atomic mass is 16.5. The highest BCUT2D eigenvalue weighted by Crippen LogP contribution is 2.24. The number of likely N-dealkylation sites (tertiary alicyclic amines) is 1. The number of benzene rings is 1. The fourth-order valence-electron chi connectivity index (χ4n) is 3.50. The smallest absolute Gasteiger partial charge is 0.272 e. The number of ether oxygens (including phenoxy) is 1. The minimum absolute atomic E-state index is 0.0684. The molecule has 1 aromatic carbocycles. The Labute approximate surface area is 154 Å². The summed E-state index contributed by atoms with van der Waals surface area (Å²) in [5.74, 6) is 0.816. The van der Waals surface area contributed by atoms with E-state index in [1.807, 2.05) is 23.1 Å². The summed E-state index contributed by atoms with van der Waals surface area (Å²) in [5.41, 5.74) is 1.66. The number of aryl methyl sites for hydroxylation is 1. The first kappa shape index (κ1) is 18.4. The molecule has 2 heterocycles. The van der Waals surface area contributed by atoms with Crippen LogP contribution in [0.2, 0.25) is 0 Å². The number of pyridine rings is 1. The standard InChI is InChI=1S/C21H26N2O3/c1-26-18-9-12-22-19(15-18)21(25)23-13-10-17(11-14-23)20(24)8-7-16-5-3-2-4-6-16/h2-6,9,12,15,17,20,24H,7-8,10-11,13-14H2,1H3/t20-/m1/s1. The molecule has 0 saturated carbocycles. The van der Waals surface area contributed by atoms with Gasteiger partial charge in [-0.25, -0.2) is 0 Å². The second kappa shape index (κ2) is 8.81. The van der Waals surface area contributed by atoms with Crippen LogP contribution in [0.4, 0.5) is 0 Å². The molecular weight excluding hydrogens is 328 g/mol. The van der Waals surface area contributed by atoms with Gasteiger partial charge in [-0.2, -0.15) is 0 Å². The van der Waals surface area contributed by atoms with Gasteiger partial charge in [0.25, 0.3) is 5.91 Å². The molecule has 0 bridgehead atoms. The van der Waals surface area contributed by atoms with E-state index in [1.165, 1.54) is 5.56 Å². The van der Waals surface area contributed by atoms with E-state index >= 15 is 0 Å². The Bertz CT molecular complexity index is 712. The molecule has 1 aromatic heterocycles. The van der Waals surface area contributed by atoms with Crippen LogP contribution < -0.4 is 4.74 Å². The first-order valence-electron chi connectivity index (χ1n) is 9.18. The van der Waals surface area contributed by atoms with Crippen LogP contribution in [0.3, 0.4) is 0 Å². The van der Waals surface area contributed by atoms with E-state index in [9.17, 15) is 9.90 Å². The van der Waals surface area contributed by atoms with Crippen LogP contribution in [-0.2, 0) is 6.42 Å². The molecule has 0 unspecified atom stereocenters. The summed E-state index contributed by atoms with van der Waals surface area (Å²) in [6.45, 7) is 1.32. The lowest BCUT2D eigenvalue weighted by molar-refractivity contribution is 0.0433. The third kappa shape index (κ3) is 4.61. The van der Waals surface area contributed by atoms with Gasteiger partial charge in [0.1, 0.15) is 11.4 Å². The summed E-state index contributed by atoms with van der Waals surface area (Å²) >= 11 is 0. The van der Waals surface area contributed by atoms with Crippen molar-refractivity contribution < 1.29 is 14.6 Å². The van der Waals surface area contributed by atoms with Crippen molar-refractivity contribution in [2.45, 2.75) is 31.8 Å². The maximum Gasteiger partial charge on any atom is 0.272 e. The first-order chi connectivity index (χ1) is 12.7. The predicted molar refractivity (Wildman–Crippen MR) is 100 cm³/mol. The molecule has 26 heavy (non-hydrogen) atoms. The molecule has 2 aromatic rings. The third-order valence-electron chi connectivity index (χ3n) is 5.13. The van der Waals surface area contributed by atoms with E-state index in [0.29, 0.717) is 24.5 Å². The molecule has 1 fully saturated rings. The lowest BCUT2D eigenvalue weighted by Crippen LogP contribution is -2.41. The molecule has 1 amide bonds. The lowest BCUT2D eigenvalue weighted by Gasteiger charge is -2.34. The van der Waals surface area contributed by atoms with E-state index in [1.54, 1.807) is 25.4 Å². The van der Waals surface area contributed by atoms with Crippen LogP contribution in [0, 0.1) is 5.92 Å². The Morgan fingerprint density at radius 3 is 2.69 bits per heavy atom. The molecule has 5 heteroatoms. The zero-order valence-corrected chi connectivity index (χ0v) is 15.2. The minimum atomic E-state index is -0.317. The maximum absolute atomic E-state index is 12.6. The summed E-state index contributed by atoms with van der Waals surface area (Å²) in [6, 6.07) is 13.6. The Kier molecular flexibility index (Phi) is 6.23. The fraction of sp³-hybridized carbons (Fsp3) is 0.429. The van der Waals surface area contributed by atoms with Gasteiger partial charge in [0.2, 0.25) is 0 Å². The van der Waals surface area contributed by atoms with E-state index < -0.39 is 0 Å². The molecular formula is C21H26N2O3. The molecule has 5 nitrogen and oxygen atoms in total. The Hall–Kier alpha value is -2.40. The predicted octanol–water partition coefficient (Wildman–Crippen LogP) is 2.94. The number of hydrogen-bond acceptors (Lipinski definition) is 4. The van der Waals surface area contributed by atoms with Crippen LogP contribution in [0.15, 0.2) is 48.7 Å². The summed E-state index contributed by atoms with van der Waals surface area (Å²) < 4.78 is 5.16. The van der Waals surface area contributed by atoms with Crippen molar-refractivity contribution >= 4 is 5.91 Å². The summed E-state index contributed by atoms with van der Waals surface area (Å²) in [6.07, 6.45) is 4.57. The number of aromatic nitrogens is 1. The SMILES string of the molecule is COc1ccnc(C(=O)N2CCC([C@H](O)CCc3ccccc3)CC2)c1. The van der Waals surface area contributed by atoms with Crippen LogP contribution in [0.1, 0.15) is 35.3 Å². The van der Waals surface area contributed by atoms with E-state index in [4.69, 9.17) is 4.74 Å². The molecule has 3 rings (SSSR count). The number of methoxy groups -OCH3 is 1. The molecule has 1 atom stereocenters. The number of aliphatic hydroxyl groups is 1. The number of aliphatic hydroxyl groups excluding tert-OH is 1. The molecule has 0 aliphatic carbocycles. The Balaban J connectivity index is 1.49. The zero-order valence-electron chi connectivity index (χ0n) is 15.2. The van der Waals surface area contributed by atoms with Gasteiger partial charge in [-0.05, 0) is 43.2 Å². The quantitative estimate of drug-likeness (QED) is 0.866. The molecule has 1 aliphatic rings. The first-order valence-corrected chi connectivity index (χ1v) is 9.18. The minimum Gasteiger partial charge on any atom is -0.497 e. The topological polar surface area (TPSA) is 62.7 Å². The zero-order chi connectivity index (χ0) is 18.4. The summed E-state index contributed by atoms with van der Waals surface area (Å²) in [4.78, 5) is 18.6. The Morgan fingerprint density at radius 2 is 2.00 bits per heavy atom. The van der Waals surface area contributed by atoms with E-state index in [2.05, 4.69) is 17.1 Å². The van der Waals surface area contributed by atoms with Crippen molar-refractivity contribution in [3.8, 4) is 5.75 Å². The average Bonchev–Trinajstić information content (AvgIpc) is 2.72. The number of carbonyl (C=O) groups is 1. The van der Waals surface area contributed by atoms with Gasteiger partial charge in [-0.1, -0.05) is 30.3 Å². The van der Waals surface area contributed by atoms with Gasteiger partial charge in [0, 0.05) is 25.4 Å². The van der Waals surface area contributed by atoms with Crippen LogP contribution in [0.25, 0.3) is 0 Å². The van der Waals surface area contributed by atoms with Crippen molar-refractivity contribution in [1.82, 2.24) is 9.88 Å². The molecule has 0 radical (unpaired) electrons. The van der Waals surface area contributed by atoms with Gasteiger partial charge in [0.15, 0.2) is 0 Å². The van der Waals surface area contributed by atoms with Crippen molar-refractivity contribution in [2.24, 2.45) is 5.92 Å². The van der Waals surface area contributed by atoms with E-state index in [-0.39, 0.29) is 17.9 Å². The molecule has 1 saturated heterocycles. The van der Waals surface area contributed by atoms with Crippen molar-refractivity contribution in [2.75, 3.05) is 20.2 Å². The van der Waals surface area contributed by atoms with Gasteiger partial charge < -0.3 is 14.7 Å². The van der Waals surface area contributed by atoms with E-state index in [0.717, 1.165) is 25.7 Å². The monoisotopic (exact) mass is 354 g/mol. The molecule has 1 N–H and O–H groups in total. The van der Waals surface area contributed by atoms with Gasteiger partial charge in [0.05, 0.1) is 13.2 Å². The maximum atomic E-state index is 12.6. The van der Waals surface area contributed by atoms with Gasteiger partial charge in [-0.15, -0.1) is 0 Å². The number of nitrogens with zero attached hydrogens (tertiary/aromatic N) is 2. The number of carbonyl (C=O) groups excluding carboxylic acids is 1. The second-order valence-electron chi connectivity index (χ2n) is 6.80. The summed E-state index contributed by atoms with van der Waals surface area (Å²) in [5, 5.41) is 10.5. The fourth-order valence-corrected chi connectivity index (χ4v) is 3.50. The Morgan fingerprint density at radius 1 is 1.27 bits per heavy atom. The van der Waals surface area contributed by atoms with Crippen LogP contribution in [-0.4, -0.2) is 47.2 Å². The average molecular weight is 354 g/mol. The van der Waals surface area contributed by atoms with Gasteiger partial charge in [-0.3, -0.25) is 9.78 Å². The highest BCUT2D eigenvalue weighted by Gasteiger charge is 2.28. The largest absolute Gasteiger partial charge is 0.497 e. The number of hydrogen-bond donors (Lipinski definition) is 1. The van der Waals surface area contributed by atoms with Gasteiger partial charge >= 0.3 is 0 Å². The molecule has 0 spiro atoms. The number of piperidine rings is 1. The lowest BCUT2D eigenvalue weighted by atomic mass is 9.88. The van der Waals surface area contributed by atoms with Crippen molar-refractivity contribution in [3.63, 3.8) is 0 Å². The van der Waals surface area contributed by atoms with Crippen molar-refractivity contribution in [1.29, 1.82) is 0 Å². The normalized spacial score (nSPS) is 16.3. The number of rotatable bonds is 6.